The third kappa shape index (κ3) is 8.91. The normalized spacial score (nSPS) is 12.9. The molecular weight excluding hydrogens is 502 g/mol. The van der Waals surface area contributed by atoms with Crippen molar-refractivity contribution in [3.05, 3.63) is 76.8 Å². The van der Waals surface area contributed by atoms with E-state index in [9.17, 15) is 14.4 Å². The van der Waals surface area contributed by atoms with Gasteiger partial charge in [-0.2, -0.15) is 0 Å². The number of carbonyl (C=O) groups excluding carboxylic acids is 3. The summed E-state index contributed by atoms with van der Waals surface area (Å²) in [4.78, 5) is 42.0. The van der Waals surface area contributed by atoms with Gasteiger partial charge in [-0.1, -0.05) is 73.5 Å². The zero-order chi connectivity index (χ0) is 28.6. The van der Waals surface area contributed by atoms with Crippen LogP contribution in [-0.2, 0) is 14.3 Å². The van der Waals surface area contributed by atoms with Crippen LogP contribution in [0.15, 0.2) is 55.1 Å². The molecule has 0 spiro atoms. The maximum absolute atomic E-state index is 14.1. The van der Waals surface area contributed by atoms with Crippen LogP contribution in [0.2, 0.25) is 5.02 Å². The van der Waals surface area contributed by atoms with Crippen LogP contribution >= 0.6 is 11.6 Å². The molecule has 0 saturated heterocycles. The van der Waals surface area contributed by atoms with Gasteiger partial charge >= 0.3 is 6.09 Å². The average Bonchev–Trinajstić information content (AvgIpc) is 2.79. The fraction of sp³-hybridized carbons (Fsp3) is 0.433. The fourth-order valence-corrected chi connectivity index (χ4v) is 4.37. The van der Waals surface area contributed by atoms with Gasteiger partial charge in [0, 0.05) is 6.54 Å². The van der Waals surface area contributed by atoms with Gasteiger partial charge in [-0.25, -0.2) is 4.79 Å². The van der Waals surface area contributed by atoms with E-state index in [-0.39, 0.29) is 12.5 Å². The molecule has 0 aromatic heterocycles. The number of hydrogen-bond acceptors (Lipinski definition) is 4. The van der Waals surface area contributed by atoms with Crippen LogP contribution in [0.4, 0.5) is 10.5 Å². The Hall–Kier alpha value is -3.32. The van der Waals surface area contributed by atoms with Crippen molar-refractivity contribution in [2.24, 2.45) is 5.92 Å². The van der Waals surface area contributed by atoms with Crippen molar-refractivity contribution in [2.45, 2.75) is 72.6 Å². The standard InChI is InChI=1S/C30H40ClN3O4/c1-9-16-34(28(36)24(17-19(2)3)32-29(37)38-30(6,7)8)26(22-14-10-12-20(4)18-22)27(35)33-25-21(5)13-11-15-23(25)31/h9-15,18-19,24,26H,1,16-17H2,2-8H3,(H,32,37)(H,33,35). The maximum Gasteiger partial charge on any atom is 0.408 e. The Morgan fingerprint density at radius 1 is 1.11 bits per heavy atom. The molecule has 38 heavy (non-hydrogen) atoms. The van der Waals surface area contributed by atoms with Crippen LogP contribution in [-0.4, -0.2) is 41.0 Å². The summed E-state index contributed by atoms with van der Waals surface area (Å²) in [7, 11) is 0. The van der Waals surface area contributed by atoms with E-state index in [0.29, 0.717) is 22.7 Å². The zero-order valence-corrected chi connectivity index (χ0v) is 24.2. The predicted octanol–water partition coefficient (Wildman–Crippen LogP) is 6.59. The monoisotopic (exact) mass is 541 g/mol. The second-order valence-corrected chi connectivity index (χ2v) is 11.3. The molecule has 2 aromatic rings. The summed E-state index contributed by atoms with van der Waals surface area (Å²) in [5.41, 5.74) is 2.11. The van der Waals surface area contributed by atoms with Gasteiger partial charge < -0.3 is 20.3 Å². The molecule has 2 rings (SSSR count). The van der Waals surface area contributed by atoms with E-state index in [4.69, 9.17) is 16.3 Å². The highest BCUT2D eigenvalue weighted by molar-refractivity contribution is 6.34. The number of nitrogens with one attached hydrogen (secondary N) is 2. The third-order valence-corrected chi connectivity index (χ3v) is 6.01. The molecule has 2 N–H and O–H groups in total. The summed E-state index contributed by atoms with van der Waals surface area (Å²) < 4.78 is 5.42. The Morgan fingerprint density at radius 3 is 2.32 bits per heavy atom. The predicted molar refractivity (Wildman–Crippen MR) is 153 cm³/mol. The summed E-state index contributed by atoms with van der Waals surface area (Å²) >= 11 is 6.40. The third-order valence-electron chi connectivity index (χ3n) is 5.69. The van der Waals surface area contributed by atoms with Crippen LogP contribution in [0.5, 0.6) is 0 Å². The summed E-state index contributed by atoms with van der Waals surface area (Å²) in [5.74, 6) is -0.758. The SMILES string of the molecule is C=CCN(C(=O)C(CC(C)C)NC(=O)OC(C)(C)C)C(C(=O)Nc1c(C)cccc1Cl)c1cccc(C)c1. The van der Waals surface area contributed by atoms with E-state index in [1.54, 1.807) is 45.0 Å². The topological polar surface area (TPSA) is 87.7 Å². The average molecular weight is 542 g/mol. The molecule has 206 valence electrons. The number of alkyl carbamates (subject to hydrolysis) is 1. The number of amides is 3. The Labute approximate surface area is 231 Å². The second kappa shape index (κ2) is 13.5. The number of para-hydroxylation sites is 1. The van der Waals surface area contributed by atoms with Gasteiger partial charge in [-0.05, 0) is 64.2 Å². The smallest absolute Gasteiger partial charge is 0.408 e. The number of carbonyl (C=O) groups is 3. The Morgan fingerprint density at radius 2 is 1.76 bits per heavy atom. The van der Waals surface area contributed by atoms with Crippen LogP contribution < -0.4 is 10.6 Å². The van der Waals surface area contributed by atoms with Crippen molar-refractivity contribution < 1.29 is 19.1 Å². The van der Waals surface area contributed by atoms with Crippen LogP contribution in [0.1, 0.15) is 63.8 Å². The van der Waals surface area contributed by atoms with Crippen molar-refractivity contribution in [3.63, 3.8) is 0 Å². The number of benzene rings is 2. The molecular formula is C30H40ClN3O4. The van der Waals surface area contributed by atoms with Gasteiger partial charge in [-0.15, -0.1) is 6.58 Å². The first-order valence-corrected chi connectivity index (χ1v) is 13.1. The molecule has 0 fully saturated rings. The van der Waals surface area contributed by atoms with Gasteiger partial charge in [0.2, 0.25) is 5.91 Å². The molecule has 0 heterocycles. The minimum atomic E-state index is -1.01. The lowest BCUT2D eigenvalue weighted by Gasteiger charge is -2.34. The first-order valence-electron chi connectivity index (χ1n) is 12.8. The maximum atomic E-state index is 14.1. The summed E-state index contributed by atoms with van der Waals surface area (Å²) in [6.45, 7) is 16.8. The van der Waals surface area contributed by atoms with Crippen LogP contribution in [0.3, 0.4) is 0 Å². The number of ether oxygens (including phenoxy) is 1. The van der Waals surface area contributed by atoms with Crippen molar-refractivity contribution >= 4 is 35.2 Å². The van der Waals surface area contributed by atoms with Gasteiger partial charge in [0.05, 0.1) is 10.7 Å². The molecule has 3 amide bonds. The largest absolute Gasteiger partial charge is 0.444 e. The zero-order valence-electron chi connectivity index (χ0n) is 23.4. The minimum absolute atomic E-state index is 0.0803. The molecule has 0 radical (unpaired) electrons. The van der Waals surface area contributed by atoms with Crippen LogP contribution in [0, 0.1) is 19.8 Å². The number of anilines is 1. The van der Waals surface area contributed by atoms with Gasteiger partial charge in [0.15, 0.2) is 0 Å². The second-order valence-electron chi connectivity index (χ2n) is 10.8. The quantitative estimate of drug-likeness (QED) is 0.332. The first-order chi connectivity index (χ1) is 17.7. The Bertz CT molecular complexity index is 1140. The van der Waals surface area contributed by atoms with Gasteiger partial charge in [0.25, 0.3) is 5.91 Å². The molecule has 0 aliphatic rings. The summed E-state index contributed by atoms with van der Waals surface area (Å²) in [5, 5.41) is 6.05. The van der Waals surface area contributed by atoms with Crippen molar-refractivity contribution in [1.82, 2.24) is 10.2 Å². The van der Waals surface area contributed by atoms with E-state index >= 15 is 0 Å². The number of aryl methyl sites for hydroxylation is 2. The van der Waals surface area contributed by atoms with Crippen molar-refractivity contribution in [2.75, 3.05) is 11.9 Å². The first kappa shape index (κ1) is 30.9. The van der Waals surface area contributed by atoms with Gasteiger partial charge in [0.1, 0.15) is 17.7 Å². The highest BCUT2D eigenvalue weighted by Crippen LogP contribution is 2.30. The van der Waals surface area contributed by atoms with E-state index < -0.39 is 35.6 Å². The summed E-state index contributed by atoms with van der Waals surface area (Å²) in [6, 6.07) is 10.9. The van der Waals surface area contributed by atoms with E-state index in [1.807, 2.05) is 52.0 Å². The molecule has 0 bridgehead atoms. The molecule has 2 aromatic carbocycles. The van der Waals surface area contributed by atoms with Crippen molar-refractivity contribution in [1.29, 1.82) is 0 Å². The molecule has 2 unspecified atom stereocenters. The molecule has 2 atom stereocenters. The van der Waals surface area contributed by atoms with E-state index in [1.165, 1.54) is 4.90 Å². The molecule has 0 aliphatic heterocycles. The lowest BCUT2D eigenvalue weighted by molar-refractivity contribution is -0.140. The summed E-state index contributed by atoms with van der Waals surface area (Å²) in [6.07, 6.45) is 1.23. The van der Waals surface area contributed by atoms with Crippen molar-refractivity contribution in [3.8, 4) is 0 Å². The fourth-order valence-electron chi connectivity index (χ4n) is 4.10. The molecule has 0 saturated carbocycles. The number of halogens is 1. The van der Waals surface area contributed by atoms with E-state index in [2.05, 4.69) is 17.2 Å². The Balaban J connectivity index is 2.55. The van der Waals surface area contributed by atoms with Crippen LogP contribution in [0.25, 0.3) is 0 Å². The number of rotatable bonds is 10. The molecule has 8 heteroatoms. The number of nitrogens with zero attached hydrogens (tertiary/aromatic N) is 1. The van der Waals surface area contributed by atoms with E-state index in [0.717, 1.165) is 11.1 Å². The highest BCUT2D eigenvalue weighted by atomic mass is 35.5. The highest BCUT2D eigenvalue weighted by Gasteiger charge is 2.36. The lowest BCUT2D eigenvalue weighted by atomic mass is 9.98. The molecule has 0 aliphatic carbocycles. The Kier molecular flexibility index (Phi) is 11.0. The molecule has 7 nitrogen and oxygen atoms in total. The van der Waals surface area contributed by atoms with Gasteiger partial charge in [-0.3, -0.25) is 9.59 Å². The minimum Gasteiger partial charge on any atom is -0.444 e. The lowest BCUT2D eigenvalue weighted by Crippen LogP contribution is -2.52. The number of hydrogen-bond donors (Lipinski definition) is 2.